The number of carbonyl (C=O) groups is 2. The van der Waals surface area contributed by atoms with Gasteiger partial charge in [0.2, 0.25) is 0 Å². The van der Waals surface area contributed by atoms with Crippen molar-refractivity contribution in [2.24, 2.45) is 5.41 Å². The Balaban J connectivity index is 1.85. The van der Waals surface area contributed by atoms with Crippen LogP contribution in [0.1, 0.15) is 35.2 Å². The Kier molecular flexibility index (Phi) is 4.15. The van der Waals surface area contributed by atoms with Crippen molar-refractivity contribution in [2.45, 2.75) is 32.2 Å². The van der Waals surface area contributed by atoms with Gasteiger partial charge in [-0.3, -0.25) is 9.59 Å². The van der Waals surface area contributed by atoms with Gasteiger partial charge in [-0.15, -0.1) is 0 Å². The second-order valence-electron chi connectivity index (χ2n) is 6.88. The molecule has 0 spiro atoms. The molecule has 23 heavy (non-hydrogen) atoms. The lowest BCUT2D eigenvalue weighted by molar-refractivity contribution is -0.161. The molecule has 0 aliphatic carbocycles. The van der Waals surface area contributed by atoms with Gasteiger partial charge in [0.15, 0.2) is 0 Å². The van der Waals surface area contributed by atoms with Gasteiger partial charge in [-0.25, -0.2) is 0 Å². The molecule has 0 radical (unpaired) electrons. The summed E-state index contributed by atoms with van der Waals surface area (Å²) in [6, 6.07) is 7.48. The zero-order valence-corrected chi connectivity index (χ0v) is 13.8. The number of likely N-dealkylation sites (tertiary alicyclic amines) is 2. The molecule has 2 aliphatic rings. The van der Waals surface area contributed by atoms with E-state index < -0.39 is 11.4 Å². The molecule has 1 aromatic rings. The Hall–Kier alpha value is -1.88. The quantitative estimate of drug-likeness (QED) is 0.906. The molecule has 2 atom stereocenters. The summed E-state index contributed by atoms with van der Waals surface area (Å²) in [6.07, 6.45) is 2.16. The van der Waals surface area contributed by atoms with Crippen molar-refractivity contribution in [3.63, 3.8) is 0 Å². The van der Waals surface area contributed by atoms with E-state index in [0.29, 0.717) is 31.5 Å². The first-order chi connectivity index (χ1) is 11.0. The van der Waals surface area contributed by atoms with Gasteiger partial charge in [0.05, 0.1) is 5.41 Å². The molecule has 1 aromatic carbocycles. The average molecular weight is 316 g/mol. The van der Waals surface area contributed by atoms with Crippen LogP contribution in [-0.4, -0.2) is 59.5 Å². The van der Waals surface area contributed by atoms with E-state index in [1.807, 2.05) is 43.1 Å². The highest BCUT2D eigenvalue weighted by Crippen LogP contribution is 2.42. The number of carboxylic acid groups (broad SMARTS) is 1. The lowest BCUT2D eigenvalue weighted by Crippen LogP contribution is -2.63. The van der Waals surface area contributed by atoms with Crippen LogP contribution in [0.15, 0.2) is 24.3 Å². The maximum Gasteiger partial charge on any atom is 0.311 e. The van der Waals surface area contributed by atoms with Gasteiger partial charge in [-0.2, -0.15) is 0 Å². The van der Waals surface area contributed by atoms with Crippen LogP contribution >= 0.6 is 0 Å². The van der Waals surface area contributed by atoms with E-state index in [9.17, 15) is 14.7 Å². The van der Waals surface area contributed by atoms with Gasteiger partial charge in [0, 0.05) is 24.7 Å². The second kappa shape index (κ2) is 5.96. The molecule has 3 rings (SSSR count). The van der Waals surface area contributed by atoms with Crippen LogP contribution < -0.4 is 0 Å². The number of piperidine rings is 2. The van der Waals surface area contributed by atoms with Crippen molar-refractivity contribution in [3.8, 4) is 0 Å². The minimum absolute atomic E-state index is 0.0149. The Bertz CT molecular complexity index is 630. The number of carboxylic acids is 1. The predicted octanol–water partition coefficient (Wildman–Crippen LogP) is 2.01. The molecule has 1 N–H and O–H groups in total. The first-order valence-electron chi connectivity index (χ1n) is 8.24. The van der Waals surface area contributed by atoms with Crippen molar-refractivity contribution < 1.29 is 14.7 Å². The molecule has 0 unspecified atom stereocenters. The molecule has 2 saturated heterocycles. The molecule has 2 aliphatic heterocycles. The van der Waals surface area contributed by atoms with E-state index in [0.717, 1.165) is 18.5 Å². The van der Waals surface area contributed by atoms with E-state index in [2.05, 4.69) is 4.90 Å². The summed E-state index contributed by atoms with van der Waals surface area (Å²) < 4.78 is 0. The highest BCUT2D eigenvalue weighted by Gasteiger charge is 2.52. The molecule has 0 aromatic heterocycles. The van der Waals surface area contributed by atoms with Gasteiger partial charge in [-0.05, 0) is 51.4 Å². The first kappa shape index (κ1) is 16.0. The normalized spacial score (nSPS) is 28.3. The minimum Gasteiger partial charge on any atom is -0.481 e. The third kappa shape index (κ3) is 2.63. The summed E-state index contributed by atoms with van der Waals surface area (Å²) in [6.45, 7) is 3.84. The number of hydrogen-bond acceptors (Lipinski definition) is 3. The molecule has 5 nitrogen and oxygen atoms in total. The average Bonchev–Trinajstić information content (AvgIpc) is 2.54. The van der Waals surface area contributed by atoms with Crippen LogP contribution in [0.2, 0.25) is 0 Å². The topological polar surface area (TPSA) is 60.9 Å². The second-order valence-corrected chi connectivity index (χ2v) is 6.88. The van der Waals surface area contributed by atoms with E-state index >= 15 is 0 Å². The lowest BCUT2D eigenvalue weighted by atomic mass is 9.68. The zero-order valence-electron chi connectivity index (χ0n) is 13.8. The predicted molar refractivity (Wildman–Crippen MR) is 87.4 cm³/mol. The Morgan fingerprint density at radius 1 is 1.22 bits per heavy atom. The minimum atomic E-state index is -0.711. The maximum absolute atomic E-state index is 12.8. The summed E-state index contributed by atoms with van der Waals surface area (Å²) in [5.74, 6) is -0.696. The number of benzene rings is 1. The third-order valence-electron chi connectivity index (χ3n) is 5.61. The molecule has 1 amide bonds. The summed E-state index contributed by atoms with van der Waals surface area (Å²) in [5.41, 5.74) is 0.980. The number of hydrogen-bond donors (Lipinski definition) is 1. The van der Waals surface area contributed by atoms with Gasteiger partial charge in [0.1, 0.15) is 0 Å². The Labute approximate surface area is 136 Å². The van der Waals surface area contributed by atoms with Gasteiger partial charge in [-0.1, -0.05) is 18.2 Å². The summed E-state index contributed by atoms with van der Waals surface area (Å²) in [7, 11) is 1.98. The number of fused-ring (bicyclic) bond motifs is 1. The number of amides is 1. The third-order valence-corrected chi connectivity index (χ3v) is 5.61. The molecule has 124 valence electrons. The van der Waals surface area contributed by atoms with E-state index in [1.165, 1.54) is 0 Å². The van der Waals surface area contributed by atoms with Crippen LogP contribution in [-0.2, 0) is 4.79 Å². The molecule has 5 heteroatoms. The van der Waals surface area contributed by atoms with Gasteiger partial charge >= 0.3 is 5.97 Å². The lowest BCUT2D eigenvalue weighted by Gasteiger charge is -2.51. The number of rotatable bonds is 2. The Morgan fingerprint density at radius 3 is 2.65 bits per heavy atom. The number of aliphatic carboxylic acids is 1. The van der Waals surface area contributed by atoms with Crippen LogP contribution in [0.3, 0.4) is 0 Å². The van der Waals surface area contributed by atoms with Gasteiger partial charge in [0.25, 0.3) is 5.91 Å². The highest BCUT2D eigenvalue weighted by atomic mass is 16.4. The molecule has 0 bridgehead atoms. The zero-order chi connectivity index (χ0) is 16.6. The fourth-order valence-corrected chi connectivity index (χ4v) is 4.15. The first-order valence-corrected chi connectivity index (χ1v) is 8.24. The maximum atomic E-state index is 12.8. The smallest absolute Gasteiger partial charge is 0.311 e. The monoisotopic (exact) mass is 316 g/mol. The van der Waals surface area contributed by atoms with Crippen molar-refractivity contribution in [1.82, 2.24) is 9.80 Å². The molecule has 0 saturated carbocycles. The van der Waals surface area contributed by atoms with Crippen LogP contribution in [0.4, 0.5) is 0 Å². The van der Waals surface area contributed by atoms with E-state index in [1.54, 1.807) is 0 Å². The van der Waals surface area contributed by atoms with E-state index in [4.69, 9.17) is 0 Å². The molecule has 2 fully saturated rings. The summed E-state index contributed by atoms with van der Waals surface area (Å²) >= 11 is 0. The van der Waals surface area contributed by atoms with Crippen molar-refractivity contribution in [2.75, 3.05) is 26.7 Å². The fraction of sp³-hybridized carbons (Fsp3) is 0.556. The largest absolute Gasteiger partial charge is 0.481 e. The van der Waals surface area contributed by atoms with Crippen LogP contribution in [0.5, 0.6) is 0 Å². The van der Waals surface area contributed by atoms with Crippen molar-refractivity contribution >= 4 is 11.9 Å². The number of carbonyl (C=O) groups excluding carboxylic acids is 1. The van der Waals surface area contributed by atoms with Gasteiger partial charge < -0.3 is 14.9 Å². The standard InChI is InChI=1S/C18H24N2O3/c1-13-6-3-4-7-14(13)16(21)20-11-9-18(17(22)23)8-5-10-19(2)15(18)12-20/h3-4,6-7,15H,5,8-12H2,1-2H3,(H,22,23)/t15-,18+/m1/s1. The Morgan fingerprint density at radius 2 is 1.96 bits per heavy atom. The molecular formula is C18H24N2O3. The summed E-state index contributed by atoms with van der Waals surface area (Å²) in [4.78, 5) is 28.7. The van der Waals surface area contributed by atoms with E-state index in [-0.39, 0.29) is 11.9 Å². The van der Waals surface area contributed by atoms with Crippen molar-refractivity contribution in [1.29, 1.82) is 0 Å². The summed E-state index contributed by atoms with van der Waals surface area (Å²) in [5, 5.41) is 9.80. The van der Waals surface area contributed by atoms with Crippen LogP contribution in [0.25, 0.3) is 0 Å². The van der Waals surface area contributed by atoms with Crippen LogP contribution in [0, 0.1) is 12.3 Å². The number of likely N-dealkylation sites (N-methyl/N-ethyl adjacent to an activating group) is 1. The SMILES string of the molecule is Cc1ccccc1C(=O)N1CC[C@@]2(C(=O)O)CCCN(C)[C@@H]2C1. The number of aryl methyl sites for hydroxylation is 1. The highest BCUT2D eigenvalue weighted by molar-refractivity contribution is 5.96. The number of nitrogens with zero attached hydrogens (tertiary/aromatic N) is 2. The fourth-order valence-electron chi connectivity index (χ4n) is 4.15. The molecule has 2 heterocycles. The molecular weight excluding hydrogens is 292 g/mol. The van der Waals surface area contributed by atoms with Crippen molar-refractivity contribution in [3.05, 3.63) is 35.4 Å².